The van der Waals surface area contributed by atoms with Crippen LogP contribution in [-0.4, -0.2) is 29.0 Å². The number of hydrogen-bond donors (Lipinski definition) is 0. The summed E-state index contributed by atoms with van der Waals surface area (Å²) in [6.07, 6.45) is 0. The molecule has 0 bridgehead atoms. The van der Waals surface area contributed by atoms with Crippen LogP contribution in [0.3, 0.4) is 0 Å². The highest BCUT2D eigenvalue weighted by Gasteiger charge is 2.20. The lowest BCUT2D eigenvalue weighted by molar-refractivity contribution is 0.0448. The standard InChI is InChI=1S/C20H19ClN2O3/c1-14-19(15(2)23(22-14)17-6-4-3-5-7-17)20(24)26-13-12-25-18-10-8-16(21)9-11-18/h3-11H,12-13H2,1-2H3. The number of nitrogens with zero attached hydrogens (tertiary/aromatic N) is 2. The van der Waals surface area contributed by atoms with Gasteiger partial charge in [-0.15, -0.1) is 0 Å². The second-order valence-electron chi connectivity index (χ2n) is 5.73. The van der Waals surface area contributed by atoms with Crippen molar-refractivity contribution in [3.63, 3.8) is 0 Å². The highest BCUT2D eigenvalue weighted by Crippen LogP contribution is 2.19. The Hall–Kier alpha value is -2.79. The minimum absolute atomic E-state index is 0.150. The van der Waals surface area contributed by atoms with Gasteiger partial charge in [-0.05, 0) is 50.2 Å². The van der Waals surface area contributed by atoms with Gasteiger partial charge in [0.25, 0.3) is 0 Å². The van der Waals surface area contributed by atoms with Crippen molar-refractivity contribution < 1.29 is 14.3 Å². The summed E-state index contributed by atoms with van der Waals surface area (Å²) in [5.74, 6) is 0.275. The van der Waals surface area contributed by atoms with Crippen molar-refractivity contribution in [2.45, 2.75) is 13.8 Å². The Labute approximate surface area is 157 Å². The Kier molecular flexibility index (Phi) is 5.58. The van der Waals surface area contributed by atoms with Crippen molar-refractivity contribution in [1.29, 1.82) is 0 Å². The molecule has 1 aromatic heterocycles. The first kappa shape index (κ1) is 18.0. The van der Waals surface area contributed by atoms with Gasteiger partial charge in [0.2, 0.25) is 0 Å². The summed E-state index contributed by atoms with van der Waals surface area (Å²) in [5, 5.41) is 5.10. The third-order valence-electron chi connectivity index (χ3n) is 3.90. The summed E-state index contributed by atoms with van der Waals surface area (Å²) in [7, 11) is 0. The maximum absolute atomic E-state index is 12.4. The van der Waals surface area contributed by atoms with Crippen LogP contribution in [0.25, 0.3) is 5.69 Å². The quantitative estimate of drug-likeness (QED) is 0.477. The van der Waals surface area contributed by atoms with Crippen LogP contribution in [0.2, 0.25) is 5.02 Å². The Morgan fingerprint density at radius 3 is 2.42 bits per heavy atom. The van der Waals surface area contributed by atoms with Gasteiger partial charge in [-0.1, -0.05) is 29.8 Å². The minimum Gasteiger partial charge on any atom is -0.490 e. The number of hydrogen-bond acceptors (Lipinski definition) is 4. The molecule has 0 fully saturated rings. The van der Waals surface area contributed by atoms with Crippen LogP contribution in [0.15, 0.2) is 54.6 Å². The summed E-state index contributed by atoms with van der Waals surface area (Å²) in [6, 6.07) is 16.7. The van der Waals surface area contributed by atoms with Crippen LogP contribution in [0.4, 0.5) is 0 Å². The normalized spacial score (nSPS) is 10.6. The van der Waals surface area contributed by atoms with E-state index in [4.69, 9.17) is 21.1 Å². The van der Waals surface area contributed by atoms with Gasteiger partial charge in [-0.2, -0.15) is 5.10 Å². The fraction of sp³-hybridized carbons (Fsp3) is 0.200. The van der Waals surface area contributed by atoms with Crippen LogP contribution in [-0.2, 0) is 4.74 Å². The zero-order chi connectivity index (χ0) is 18.5. The Bertz CT molecular complexity index is 889. The maximum atomic E-state index is 12.4. The molecular weight excluding hydrogens is 352 g/mol. The van der Waals surface area contributed by atoms with Gasteiger partial charge in [-0.25, -0.2) is 9.48 Å². The molecule has 1 heterocycles. The zero-order valence-electron chi connectivity index (χ0n) is 14.6. The van der Waals surface area contributed by atoms with E-state index in [-0.39, 0.29) is 13.2 Å². The third-order valence-corrected chi connectivity index (χ3v) is 4.15. The molecule has 0 aliphatic carbocycles. The number of benzene rings is 2. The number of aromatic nitrogens is 2. The van der Waals surface area contributed by atoms with Crippen molar-refractivity contribution in [3.8, 4) is 11.4 Å². The lowest BCUT2D eigenvalue weighted by Crippen LogP contribution is -2.13. The fourth-order valence-corrected chi connectivity index (χ4v) is 2.78. The molecule has 0 radical (unpaired) electrons. The monoisotopic (exact) mass is 370 g/mol. The van der Waals surface area contributed by atoms with E-state index < -0.39 is 5.97 Å². The molecule has 0 N–H and O–H groups in total. The second-order valence-corrected chi connectivity index (χ2v) is 6.17. The number of para-hydroxylation sites is 1. The van der Waals surface area contributed by atoms with Gasteiger partial charge in [-0.3, -0.25) is 0 Å². The molecule has 3 aromatic rings. The number of esters is 1. The minimum atomic E-state index is -0.401. The van der Waals surface area contributed by atoms with E-state index in [1.165, 1.54) is 0 Å². The fourth-order valence-electron chi connectivity index (χ4n) is 2.66. The molecule has 5 nitrogen and oxygen atoms in total. The maximum Gasteiger partial charge on any atom is 0.342 e. The average Bonchev–Trinajstić information content (AvgIpc) is 2.95. The molecule has 2 aromatic carbocycles. The van der Waals surface area contributed by atoms with E-state index in [9.17, 15) is 4.79 Å². The number of carbonyl (C=O) groups is 1. The summed E-state index contributed by atoms with van der Waals surface area (Å²) in [6.45, 7) is 4.07. The van der Waals surface area contributed by atoms with E-state index in [2.05, 4.69) is 5.10 Å². The molecule has 3 rings (SSSR count). The summed E-state index contributed by atoms with van der Waals surface area (Å²) >= 11 is 5.83. The van der Waals surface area contributed by atoms with Crippen LogP contribution >= 0.6 is 11.6 Å². The van der Waals surface area contributed by atoms with E-state index in [1.54, 1.807) is 35.9 Å². The lowest BCUT2D eigenvalue weighted by atomic mass is 10.2. The highest BCUT2D eigenvalue weighted by molar-refractivity contribution is 6.30. The lowest BCUT2D eigenvalue weighted by Gasteiger charge is -2.08. The third kappa shape index (κ3) is 4.06. The molecule has 0 spiro atoms. The van der Waals surface area contributed by atoms with Gasteiger partial charge in [0.05, 0.1) is 17.1 Å². The van der Waals surface area contributed by atoms with Gasteiger partial charge in [0.15, 0.2) is 0 Å². The van der Waals surface area contributed by atoms with Crippen LogP contribution in [0, 0.1) is 13.8 Å². The highest BCUT2D eigenvalue weighted by atomic mass is 35.5. The molecule has 6 heteroatoms. The van der Waals surface area contributed by atoms with Crippen molar-refractivity contribution in [2.24, 2.45) is 0 Å². The van der Waals surface area contributed by atoms with E-state index in [0.717, 1.165) is 11.4 Å². The predicted molar refractivity (Wildman–Crippen MR) is 100 cm³/mol. The van der Waals surface area contributed by atoms with Crippen LogP contribution < -0.4 is 4.74 Å². The molecule has 0 unspecified atom stereocenters. The predicted octanol–water partition coefficient (Wildman–Crippen LogP) is 4.38. The van der Waals surface area contributed by atoms with Gasteiger partial charge < -0.3 is 9.47 Å². The molecule has 134 valence electrons. The zero-order valence-corrected chi connectivity index (χ0v) is 15.4. The summed E-state index contributed by atoms with van der Waals surface area (Å²) in [4.78, 5) is 12.4. The Morgan fingerprint density at radius 1 is 1.04 bits per heavy atom. The molecule has 0 aliphatic heterocycles. The molecule has 26 heavy (non-hydrogen) atoms. The molecular formula is C20H19ClN2O3. The first-order valence-electron chi connectivity index (χ1n) is 8.23. The average molecular weight is 371 g/mol. The van der Waals surface area contributed by atoms with Crippen molar-refractivity contribution in [1.82, 2.24) is 9.78 Å². The first-order chi connectivity index (χ1) is 12.6. The second kappa shape index (κ2) is 8.06. The van der Waals surface area contributed by atoms with Crippen LogP contribution in [0.5, 0.6) is 5.75 Å². The van der Waals surface area contributed by atoms with Crippen molar-refractivity contribution >= 4 is 17.6 Å². The summed E-state index contributed by atoms with van der Waals surface area (Å²) in [5.41, 5.74) is 2.77. The molecule has 0 aliphatic rings. The van der Waals surface area contributed by atoms with Crippen molar-refractivity contribution in [2.75, 3.05) is 13.2 Å². The van der Waals surface area contributed by atoms with E-state index in [0.29, 0.717) is 22.0 Å². The topological polar surface area (TPSA) is 53.4 Å². The van der Waals surface area contributed by atoms with Gasteiger partial charge in [0.1, 0.15) is 24.5 Å². The largest absolute Gasteiger partial charge is 0.490 e. The molecule has 0 saturated heterocycles. The summed E-state index contributed by atoms with van der Waals surface area (Å²) < 4.78 is 12.6. The van der Waals surface area contributed by atoms with Gasteiger partial charge in [0, 0.05) is 5.02 Å². The Morgan fingerprint density at radius 2 is 1.73 bits per heavy atom. The number of ether oxygens (including phenoxy) is 2. The Balaban J connectivity index is 1.61. The smallest absolute Gasteiger partial charge is 0.342 e. The van der Waals surface area contributed by atoms with Crippen LogP contribution in [0.1, 0.15) is 21.7 Å². The number of rotatable bonds is 6. The van der Waals surface area contributed by atoms with E-state index in [1.807, 2.05) is 37.3 Å². The molecule has 0 amide bonds. The van der Waals surface area contributed by atoms with Gasteiger partial charge >= 0.3 is 5.97 Å². The van der Waals surface area contributed by atoms with E-state index >= 15 is 0 Å². The SMILES string of the molecule is Cc1nn(-c2ccccc2)c(C)c1C(=O)OCCOc1ccc(Cl)cc1. The number of halogens is 1. The number of aryl methyl sites for hydroxylation is 1. The first-order valence-corrected chi connectivity index (χ1v) is 8.61. The molecule has 0 atom stereocenters. The number of carbonyl (C=O) groups excluding carboxylic acids is 1. The molecule has 0 saturated carbocycles. The van der Waals surface area contributed by atoms with Crippen molar-refractivity contribution in [3.05, 3.63) is 76.6 Å².